The number of phenols is 1. The average Bonchev–Trinajstić information content (AvgIpc) is 2.43. The molecular formula is C12H13IN4O4. The predicted octanol–water partition coefficient (Wildman–Crippen LogP) is 2.62. The molecule has 9 heteroatoms. The minimum Gasteiger partial charge on any atom is -0.507 e. The number of hydrogen-bond acceptors (Lipinski definition) is 5. The summed E-state index contributed by atoms with van der Waals surface area (Å²) in [4.78, 5) is 25.7. The zero-order valence-corrected chi connectivity index (χ0v) is 13.3. The summed E-state index contributed by atoms with van der Waals surface area (Å²) in [6, 6.07) is 2.61. The topological polar surface area (TPSA) is 124 Å². The van der Waals surface area contributed by atoms with E-state index in [-0.39, 0.29) is 36.6 Å². The van der Waals surface area contributed by atoms with Crippen LogP contribution in [0.4, 0.5) is 5.69 Å². The number of amides is 1. The van der Waals surface area contributed by atoms with E-state index in [0.717, 1.165) is 0 Å². The van der Waals surface area contributed by atoms with Crippen LogP contribution in [0, 0.1) is 3.57 Å². The second kappa shape index (κ2) is 8.32. The molecule has 0 fully saturated rings. The van der Waals surface area contributed by atoms with Gasteiger partial charge in [0.2, 0.25) is 0 Å². The molecule has 0 aliphatic heterocycles. The highest BCUT2D eigenvalue weighted by Gasteiger charge is 2.14. The number of rotatable bonds is 6. The molecule has 112 valence electrons. The Morgan fingerprint density at radius 3 is 2.86 bits per heavy atom. The Morgan fingerprint density at radius 1 is 1.52 bits per heavy atom. The SMILES string of the molecule is CCOC(=O)CCNC(=O)c1cc([125I])c(N=[N+]=[N-])cc1O. The van der Waals surface area contributed by atoms with Gasteiger partial charge in [-0.25, -0.2) is 0 Å². The van der Waals surface area contributed by atoms with Crippen molar-refractivity contribution in [1.82, 2.24) is 5.32 Å². The van der Waals surface area contributed by atoms with Gasteiger partial charge in [-0.3, -0.25) is 9.59 Å². The van der Waals surface area contributed by atoms with Crippen molar-refractivity contribution in [2.75, 3.05) is 13.2 Å². The number of carbonyl (C=O) groups excluding carboxylic acids is 2. The van der Waals surface area contributed by atoms with Gasteiger partial charge in [-0.15, -0.1) is 0 Å². The molecule has 0 aliphatic rings. The highest BCUT2D eigenvalue weighted by atomic mass is 125. The third kappa shape index (κ3) is 5.12. The number of benzene rings is 1. The Morgan fingerprint density at radius 2 is 2.24 bits per heavy atom. The summed E-state index contributed by atoms with van der Waals surface area (Å²) in [5.74, 6) is -1.23. The van der Waals surface area contributed by atoms with Gasteiger partial charge in [-0.2, -0.15) is 0 Å². The van der Waals surface area contributed by atoms with Crippen LogP contribution in [-0.2, 0) is 9.53 Å². The first-order valence-corrected chi connectivity index (χ1v) is 7.08. The maximum Gasteiger partial charge on any atom is 0.307 e. The Bertz CT molecular complexity index is 599. The van der Waals surface area contributed by atoms with Crippen molar-refractivity contribution in [2.24, 2.45) is 5.11 Å². The van der Waals surface area contributed by atoms with Gasteiger partial charge in [0.1, 0.15) is 5.75 Å². The fourth-order valence-electron chi connectivity index (χ4n) is 1.46. The van der Waals surface area contributed by atoms with Gasteiger partial charge in [0.25, 0.3) is 5.91 Å². The number of ether oxygens (including phenoxy) is 1. The van der Waals surface area contributed by atoms with Crippen LogP contribution in [0.3, 0.4) is 0 Å². The Balaban J connectivity index is 2.72. The second-order valence-corrected chi connectivity index (χ2v) is 4.98. The van der Waals surface area contributed by atoms with Crippen molar-refractivity contribution in [3.05, 3.63) is 31.7 Å². The van der Waals surface area contributed by atoms with E-state index in [1.54, 1.807) is 6.92 Å². The highest BCUT2D eigenvalue weighted by Crippen LogP contribution is 2.29. The molecule has 0 saturated heterocycles. The molecule has 21 heavy (non-hydrogen) atoms. The molecule has 0 bridgehead atoms. The highest BCUT2D eigenvalue weighted by molar-refractivity contribution is 14.1. The van der Waals surface area contributed by atoms with Crippen LogP contribution in [0.15, 0.2) is 17.2 Å². The van der Waals surface area contributed by atoms with Gasteiger partial charge < -0.3 is 15.2 Å². The lowest BCUT2D eigenvalue weighted by Crippen LogP contribution is -2.26. The summed E-state index contributed by atoms with van der Waals surface area (Å²) in [7, 11) is 0. The number of nitrogens with zero attached hydrogens (tertiary/aromatic N) is 3. The van der Waals surface area contributed by atoms with E-state index in [1.807, 2.05) is 22.6 Å². The van der Waals surface area contributed by atoms with Crippen LogP contribution in [0.1, 0.15) is 23.7 Å². The molecule has 1 amide bonds. The molecule has 0 heterocycles. The van der Waals surface area contributed by atoms with Gasteiger partial charge in [0, 0.05) is 15.0 Å². The fraction of sp³-hybridized carbons (Fsp3) is 0.333. The summed E-state index contributed by atoms with van der Waals surface area (Å²) < 4.78 is 5.25. The lowest BCUT2D eigenvalue weighted by Gasteiger charge is -2.08. The zero-order chi connectivity index (χ0) is 15.8. The lowest BCUT2D eigenvalue weighted by atomic mass is 10.1. The first-order valence-electron chi connectivity index (χ1n) is 6.01. The number of carbonyl (C=O) groups is 2. The molecular weight excluding hydrogens is 389 g/mol. The molecule has 0 unspecified atom stereocenters. The fourth-order valence-corrected chi connectivity index (χ4v) is 2.04. The van der Waals surface area contributed by atoms with Crippen molar-refractivity contribution < 1.29 is 19.4 Å². The Kier molecular flexibility index (Phi) is 6.76. The third-order valence-corrected chi connectivity index (χ3v) is 3.25. The van der Waals surface area contributed by atoms with Crippen molar-refractivity contribution in [3.8, 4) is 5.75 Å². The molecule has 0 radical (unpaired) electrons. The molecule has 1 aromatic carbocycles. The molecule has 0 aliphatic carbocycles. The maximum atomic E-state index is 11.9. The van der Waals surface area contributed by atoms with Crippen molar-refractivity contribution in [3.63, 3.8) is 0 Å². The van der Waals surface area contributed by atoms with Crippen molar-refractivity contribution >= 4 is 40.2 Å². The number of azide groups is 1. The molecule has 1 rings (SSSR count). The number of halogens is 1. The van der Waals surface area contributed by atoms with Gasteiger partial charge in [-0.1, -0.05) is 5.11 Å². The quantitative estimate of drug-likeness (QED) is 0.250. The molecule has 0 spiro atoms. The van der Waals surface area contributed by atoms with E-state index < -0.39 is 11.9 Å². The van der Waals surface area contributed by atoms with E-state index in [2.05, 4.69) is 15.3 Å². The van der Waals surface area contributed by atoms with E-state index in [4.69, 9.17) is 10.3 Å². The molecule has 2 N–H and O–H groups in total. The number of aromatic hydroxyl groups is 1. The van der Waals surface area contributed by atoms with Crippen LogP contribution in [0.5, 0.6) is 5.75 Å². The van der Waals surface area contributed by atoms with Gasteiger partial charge in [-0.05, 0) is 47.2 Å². The Labute approximate surface area is 134 Å². The van der Waals surface area contributed by atoms with Crippen LogP contribution >= 0.6 is 22.6 Å². The van der Waals surface area contributed by atoms with Gasteiger partial charge in [0.05, 0.1) is 24.3 Å². The lowest BCUT2D eigenvalue weighted by molar-refractivity contribution is -0.142. The summed E-state index contributed by atoms with van der Waals surface area (Å²) in [6.45, 7) is 2.08. The second-order valence-electron chi connectivity index (χ2n) is 3.82. The summed E-state index contributed by atoms with van der Waals surface area (Å²) >= 11 is 1.89. The molecule has 0 aromatic heterocycles. The first-order chi connectivity index (χ1) is 9.99. The largest absolute Gasteiger partial charge is 0.507 e. The van der Waals surface area contributed by atoms with E-state index in [0.29, 0.717) is 3.57 Å². The minimum atomic E-state index is -0.526. The van der Waals surface area contributed by atoms with E-state index in [1.165, 1.54) is 12.1 Å². The maximum absolute atomic E-state index is 11.9. The smallest absolute Gasteiger partial charge is 0.307 e. The van der Waals surface area contributed by atoms with E-state index in [9.17, 15) is 14.7 Å². The zero-order valence-electron chi connectivity index (χ0n) is 11.2. The predicted molar refractivity (Wildman–Crippen MR) is 83.2 cm³/mol. The molecule has 0 atom stereocenters. The number of nitrogens with one attached hydrogen (secondary N) is 1. The van der Waals surface area contributed by atoms with E-state index >= 15 is 0 Å². The van der Waals surface area contributed by atoms with Crippen molar-refractivity contribution in [1.29, 1.82) is 0 Å². The monoisotopic (exact) mass is 402 g/mol. The minimum absolute atomic E-state index is 0.0418. The number of esters is 1. The standard InChI is InChI=1S/C12H13IN4O4/c1-2-21-11(19)3-4-15-12(20)7-5-8(13)9(16-17-14)6-10(7)18/h5-6,18H,2-4H2,1H3,(H,15,20)/i13-2. The molecule has 1 aromatic rings. The number of phenolic OH excluding ortho intramolecular Hbond substituents is 1. The first kappa shape index (κ1) is 17.1. The normalized spacial score (nSPS) is 9.62. The van der Waals surface area contributed by atoms with Crippen molar-refractivity contribution in [2.45, 2.75) is 13.3 Å². The summed E-state index contributed by atoms with van der Waals surface area (Å²) in [5.41, 5.74) is 8.65. The Hall–Kier alpha value is -2.00. The third-order valence-electron chi connectivity index (χ3n) is 2.38. The molecule has 8 nitrogen and oxygen atoms in total. The van der Waals surface area contributed by atoms with Crippen LogP contribution in [-0.4, -0.2) is 30.1 Å². The number of hydrogen-bond donors (Lipinski definition) is 2. The van der Waals surface area contributed by atoms with Gasteiger partial charge in [0.15, 0.2) is 0 Å². The summed E-state index contributed by atoms with van der Waals surface area (Å²) in [6.07, 6.45) is 0.0498. The van der Waals surface area contributed by atoms with Crippen LogP contribution in [0.25, 0.3) is 10.4 Å². The van der Waals surface area contributed by atoms with Gasteiger partial charge >= 0.3 is 5.97 Å². The summed E-state index contributed by atoms with van der Waals surface area (Å²) in [5, 5.41) is 15.7. The van der Waals surface area contributed by atoms with Crippen LogP contribution < -0.4 is 5.32 Å². The average molecular weight is 402 g/mol. The molecule has 0 saturated carbocycles. The van der Waals surface area contributed by atoms with Crippen LogP contribution in [0.2, 0.25) is 0 Å².